The largest absolute Gasteiger partial charge is 0.449 e. The number of pyridine rings is 1. The number of carbonyl (C=O) groups is 3. The molecule has 3 rings (SSSR count). The van der Waals surface area contributed by atoms with Gasteiger partial charge in [-0.1, -0.05) is 11.6 Å². The number of esters is 1. The molecule has 1 aromatic heterocycles. The average Bonchev–Trinajstić information content (AvgIpc) is 2.67. The number of rotatable bonds is 5. The lowest BCUT2D eigenvalue weighted by Crippen LogP contribution is -2.30. The SMILES string of the molecule is CC(OC(=O)c1ccc2nc(Cl)ccc2c1)C(=O)Nc1ccc(C(N)=O)cc1. The van der Waals surface area contributed by atoms with E-state index in [2.05, 4.69) is 10.3 Å². The minimum absolute atomic E-state index is 0.294. The van der Waals surface area contributed by atoms with Crippen molar-refractivity contribution in [1.82, 2.24) is 4.98 Å². The van der Waals surface area contributed by atoms with Crippen LogP contribution in [0.2, 0.25) is 5.15 Å². The standard InChI is InChI=1S/C20H16ClN3O4/c1-11(19(26)23-15-6-2-12(3-7-15)18(22)25)28-20(27)14-4-8-16-13(10-14)5-9-17(21)24-16/h2-11H,1H3,(H2,22,25)(H,23,26). The Bertz CT molecular complexity index is 1070. The lowest BCUT2D eigenvalue weighted by atomic mass is 10.1. The molecule has 2 aromatic carbocycles. The van der Waals surface area contributed by atoms with E-state index in [1.54, 1.807) is 30.3 Å². The lowest BCUT2D eigenvalue weighted by molar-refractivity contribution is -0.123. The first kappa shape index (κ1) is 19.3. The van der Waals surface area contributed by atoms with E-state index in [4.69, 9.17) is 22.1 Å². The fraction of sp³-hybridized carbons (Fsp3) is 0.100. The Morgan fingerprint density at radius 1 is 1.04 bits per heavy atom. The predicted octanol–water partition coefficient (Wildman–Crippen LogP) is 3.17. The molecule has 3 N–H and O–H groups in total. The Balaban J connectivity index is 1.65. The molecule has 0 aliphatic heterocycles. The number of primary amides is 1. The summed E-state index contributed by atoms with van der Waals surface area (Å²) in [6.45, 7) is 1.47. The second-order valence-electron chi connectivity index (χ2n) is 6.02. The molecule has 0 saturated carbocycles. The molecule has 0 bridgehead atoms. The van der Waals surface area contributed by atoms with E-state index in [9.17, 15) is 14.4 Å². The number of carbonyl (C=O) groups excluding carboxylic acids is 3. The molecule has 0 spiro atoms. The minimum Gasteiger partial charge on any atom is -0.449 e. The molecular weight excluding hydrogens is 382 g/mol. The molecule has 28 heavy (non-hydrogen) atoms. The Hall–Kier alpha value is -3.45. The van der Waals surface area contributed by atoms with Crippen molar-refractivity contribution in [3.8, 4) is 0 Å². The Kier molecular flexibility index (Phi) is 5.56. The molecule has 1 heterocycles. The second-order valence-corrected chi connectivity index (χ2v) is 6.41. The zero-order chi connectivity index (χ0) is 20.3. The number of ether oxygens (including phenoxy) is 1. The first-order valence-corrected chi connectivity index (χ1v) is 8.69. The number of fused-ring (bicyclic) bond motifs is 1. The van der Waals surface area contributed by atoms with Crippen LogP contribution in [0.15, 0.2) is 54.6 Å². The zero-order valence-corrected chi connectivity index (χ0v) is 15.6. The maximum absolute atomic E-state index is 12.3. The van der Waals surface area contributed by atoms with Crippen LogP contribution in [-0.2, 0) is 9.53 Å². The topological polar surface area (TPSA) is 111 Å². The summed E-state index contributed by atoms with van der Waals surface area (Å²) < 4.78 is 5.23. The van der Waals surface area contributed by atoms with Gasteiger partial charge >= 0.3 is 5.97 Å². The first-order valence-electron chi connectivity index (χ1n) is 8.31. The van der Waals surface area contributed by atoms with Gasteiger partial charge in [0.2, 0.25) is 5.91 Å². The number of anilines is 1. The summed E-state index contributed by atoms with van der Waals surface area (Å²) in [5.41, 5.74) is 6.89. The van der Waals surface area contributed by atoms with Crippen LogP contribution in [0.25, 0.3) is 10.9 Å². The quantitative estimate of drug-likeness (QED) is 0.507. The van der Waals surface area contributed by atoms with E-state index in [1.165, 1.54) is 31.2 Å². The van der Waals surface area contributed by atoms with Gasteiger partial charge in [-0.05, 0) is 61.5 Å². The number of halogens is 1. The van der Waals surface area contributed by atoms with E-state index in [0.29, 0.717) is 27.5 Å². The molecule has 8 heteroatoms. The van der Waals surface area contributed by atoms with Gasteiger partial charge in [-0.3, -0.25) is 9.59 Å². The first-order chi connectivity index (χ1) is 13.3. The average molecular weight is 398 g/mol. The molecule has 0 fully saturated rings. The summed E-state index contributed by atoms with van der Waals surface area (Å²) in [6, 6.07) is 14.3. The van der Waals surface area contributed by atoms with E-state index >= 15 is 0 Å². The number of amides is 2. The molecule has 0 aliphatic rings. The monoisotopic (exact) mass is 397 g/mol. The second kappa shape index (κ2) is 8.06. The van der Waals surface area contributed by atoms with Crippen LogP contribution in [0.3, 0.4) is 0 Å². The van der Waals surface area contributed by atoms with Crippen LogP contribution in [0.1, 0.15) is 27.6 Å². The van der Waals surface area contributed by atoms with Crippen LogP contribution in [0.5, 0.6) is 0 Å². The van der Waals surface area contributed by atoms with Crippen molar-refractivity contribution < 1.29 is 19.1 Å². The van der Waals surface area contributed by atoms with Gasteiger partial charge < -0.3 is 15.8 Å². The molecule has 2 amide bonds. The Labute approximate surface area is 165 Å². The van der Waals surface area contributed by atoms with Crippen molar-refractivity contribution in [2.75, 3.05) is 5.32 Å². The van der Waals surface area contributed by atoms with E-state index in [0.717, 1.165) is 5.39 Å². The highest BCUT2D eigenvalue weighted by molar-refractivity contribution is 6.29. The Morgan fingerprint density at radius 2 is 1.71 bits per heavy atom. The maximum atomic E-state index is 12.3. The van der Waals surface area contributed by atoms with Crippen LogP contribution in [0.4, 0.5) is 5.69 Å². The number of hydrogen-bond donors (Lipinski definition) is 2. The summed E-state index contributed by atoms with van der Waals surface area (Å²) in [5, 5.41) is 3.69. The third-order valence-corrected chi connectivity index (χ3v) is 4.19. The van der Waals surface area contributed by atoms with Gasteiger partial charge in [0, 0.05) is 16.6 Å². The highest BCUT2D eigenvalue weighted by Crippen LogP contribution is 2.18. The molecule has 7 nitrogen and oxygen atoms in total. The van der Waals surface area contributed by atoms with Crippen molar-refractivity contribution in [3.05, 3.63) is 70.9 Å². The van der Waals surface area contributed by atoms with Crippen LogP contribution in [-0.4, -0.2) is 28.9 Å². The summed E-state index contributed by atoms with van der Waals surface area (Å²) in [7, 11) is 0. The van der Waals surface area contributed by atoms with Gasteiger partial charge in [0.1, 0.15) is 5.15 Å². The van der Waals surface area contributed by atoms with Gasteiger partial charge in [0.05, 0.1) is 11.1 Å². The number of nitrogens with two attached hydrogens (primary N) is 1. The normalized spacial score (nSPS) is 11.6. The summed E-state index contributed by atoms with van der Waals surface area (Å²) in [5.74, 6) is -1.70. The summed E-state index contributed by atoms with van der Waals surface area (Å²) >= 11 is 5.85. The molecule has 142 valence electrons. The molecule has 3 aromatic rings. The lowest BCUT2D eigenvalue weighted by Gasteiger charge is -2.14. The van der Waals surface area contributed by atoms with Gasteiger partial charge in [-0.25, -0.2) is 9.78 Å². The minimum atomic E-state index is -1.03. The van der Waals surface area contributed by atoms with E-state index in [-0.39, 0.29) is 0 Å². The van der Waals surface area contributed by atoms with Crippen molar-refractivity contribution in [1.29, 1.82) is 0 Å². The third kappa shape index (κ3) is 4.44. The summed E-state index contributed by atoms with van der Waals surface area (Å²) in [4.78, 5) is 39.8. The fourth-order valence-electron chi connectivity index (χ4n) is 2.47. The van der Waals surface area contributed by atoms with Crippen molar-refractivity contribution in [2.45, 2.75) is 13.0 Å². The van der Waals surface area contributed by atoms with E-state index < -0.39 is 23.9 Å². The van der Waals surface area contributed by atoms with Crippen molar-refractivity contribution in [3.63, 3.8) is 0 Å². The number of benzene rings is 2. The number of aromatic nitrogens is 1. The zero-order valence-electron chi connectivity index (χ0n) is 14.8. The van der Waals surface area contributed by atoms with Gasteiger partial charge in [-0.15, -0.1) is 0 Å². The number of nitrogens with zero attached hydrogens (tertiary/aromatic N) is 1. The summed E-state index contributed by atoms with van der Waals surface area (Å²) in [6.07, 6.45) is -1.03. The van der Waals surface area contributed by atoms with Crippen LogP contribution < -0.4 is 11.1 Å². The van der Waals surface area contributed by atoms with Gasteiger partial charge in [-0.2, -0.15) is 0 Å². The Morgan fingerprint density at radius 3 is 2.39 bits per heavy atom. The molecular formula is C20H16ClN3O4. The molecule has 0 saturated heterocycles. The van der Waals surface area contributed by atoms with Gasteiger partial charge in [0.15, 0.2) is 6.10 Å². The van der Waals surface area contributed by atoms with E-state index in [1.807, 2.05) is 0 Å². The van der Waals surface area contributed by atoms with Gasteiger partial charge in [0.25, 0.3) is 5.91 Å². The smallest absolute Gasteiger partial charge is 0.338 e. The number of nitrogens with one attached hydrogen (secondary N) is 1. The fourth-order valence-corrected chi connectivity index (χ4v) is 2.63. The molecule has 0 radical (unpaired) electrons. The predicted molar refractivity (Wildman–Crippen MR) is 105 cm³/mol. The third-order valence-electron chi connectivity index (χ3n) is 3.98. The molecule has 0 aliphatic carbocycles. The van der Waals surface area contributed by atoms with Crippen molar-refractivity contribution >= 4 is 46.0 Å². The van der Waals surface area contributed by atoms with Crippen LogP contribution in [0, 0.1) is 0 Å². The maximum Gasteiger partial charge on any atom is 0.338 e. The van der Waals surface area contributed by atoms with Crippen molar-refractivity contribution in [2.24, 2.45) is 5.73 Å². The highest BCUT2D eigenvalue weighted by Gasteiger charge is 2.19. The van der Waals surface area contributed by atoms with Crippen LogP contribution >= 0.6 is 11.6 Å². The molecule has 1 unspecified atom stereocenters. The molecule has 1 atom stereocenters. The number of hydrogen-bond acceptors (Lipinski definition) is 5. The highest BCUT2D eigenvalue weighted by atomic mass is 35.5.